The summed E-state index contributed by atoms with van der Waals surface area (Å²) in [7, 11) is 1.62. The zero-order valence-electron chi connectivity index (χ0n) is 13.9. The summed E-state index contributed by atoms with van der Waals surface area (Å²) in [5.74, 6) is -0.0477. The third kappa shape index (κ3) is 3.50. The second-order valence-corrected chi connectivity index (χ2v) is 6.15. The molecule has 5 heteroatoms. The standard InChI is InChI=1S/C19H23N3O2/c1-20-19(24)17-13-15-7-2-3-8-16(15)14-22(17)18(23)9-6-12-21-10-4-5-11-21/h2-5,7-8,10-11,17H,6,9,12-14H2,1H3,(H,20,24). The molecule has 1 unspecified atom stereocenters. The first kappa shape index (κ1) is 16.3. The SMILES string of the molecule is CNC(=O)C1Cc2ccccc2CN1C(=O)CCCn1cccc1. The molecule has 126 valence electrons. The van der Waals surface area contributed by atoms with Gasteiger partial charge in [-0.1, -0.05) is 24.3 Å². The molecule has 1 aliphatic rings. The molecule has 2 amide bonds. The minimum Gasteiger partial charge on any atom is -0.357 e. The van der Waals surface area contributed by atoms with E-state index in [1.165, 1.54) is 0 Å². The van der Waals surface area contributed by atoms with Gasteiger partial charge in [-0.2, -0.15) is 0 Å². The fraction of sp³-hybridized carbons (Fsp3) is 0.368. The van der Waals surface area contributed by atoms with E-state index < -0.39 is 6.04 Å². The fourth-order valence-electron chi connectivity index (χ4n) is 3.26. The number of amides is 2. The van der Waals surface area contributed by atoms with Crippen LogP contribution in [0.5, 0.6) is 0 Å². The Labute approximate surface area is 142 Å². The van der Waals surface area contributed by atoms with Crippen LogP contribution in [0.3, 0.4) is 0 Å². The highest BCUT2D eigenvalue weighted by atomic mass is 16.2. The summed E-state index contributed by atoms with van der Waals surface area (Å²) in [6, 6.07) is 11.6. The average Bonchev–Trinajstić information content (AvgIpc) is 3.13. The molecule has 1 atom stereocenters. The maximum Gasteiger partial charge on any atom is 0.242 e. The second-order valence-electron chi connectivity index (χ2n) is 6.15. The van der Waals surface area contributed by atoms with Gasteiger partial charge in [0.15, 0.2) is 0 Å². The summed E-state index contributed by atoms with van der Waals surface area (Å²) >= 11 is 0. The Morgan fingerprint density at radius 2 is 1.83 bits per heavy atom. The van der Waals surface area contributed by atoms with E-state index in [0.717, 1.165) is 24.1 Å². The Bertz CT molecular complexity index is 709. The predicted molar refractivity (Wildman–Crippen MR) is 92.2 cm³/mol. The van der Waals surface area contributed by atoms with Gasteiger partial charge in [0.2, 0.25) is 11.8 Å². The third-order valence-electron chi connectivity index (χ3n) is 4.59. The number of aryl methyl sites for hydroxylation is 1. The van der Waals surface area contributed by atoms with Gasteiger partial charge < -0.3 is 14.8 Å². The van der Waals surface area contributed by atoms with Crippen LogP contribution >= 0.6 is 0 Å². The lowest BCUT2D eigenvalue weighted by Gasteiger charge is -2.36. The average molecular weight is 325 g/mol. The van der Waals surface area contributed by atoms with Crippen molar-refractivity contribution in [1.29, 1.82) is 0 Å². The van der Waals surface area contributed by atoms with E-state index in [4.69, 9.17) is 0 Å². The van der Waals surface area contributed by atoms with E-state index in [1.54, 1.807) is 11.9 Å². The molecule has 0 aliphatic carbocycles. The number of nitrogens with one attached hydrogen (secondary N) is 1. The topological polar surface area (TPSA) is 54.3 Å². The molecule has 0 fully saturated rings. The van der Waals surface area contributed by atoms with Crippen molar-refractivity contribution in [3.05, 3.63) is 59.9 Å². The van der Waals surface area contributed by atoms with Crippen LogP contribution < -0.4 is 5.32 Å². The van der Waals surface area contributed by atoms with Crippen molar-refractivity contribution in [3.8, 4) is 0 Å². The lowest BCUT2D eigenvalue weighted by molar-refractivity contribution is -0.141. The second kappa shape index (κ2) is 7.34. The van der Waals surface area contributed by atoms with E-state index in [0.29, 0.717) is 19.4 Å². The number of carbonyl (C=O) groups excluding carboxylic acids is 2. The van der Waals surface area contributed by atoms with Gasteiger partial charge in [0.25, 0.3) is 0 Å². The lowest BCUT2D eigenvalue weighted by Crippen LogP contribution is -2.51. The van der Waals surface area contributed by atoms with Gasteiger partial charge in [0, 0.05) is 45.4 Å². The predicted octanol–water partition coefficient (Wildman–Crippen LogP) is 1.97. The molecule has 0 bridgehead atoms. The quantitative estimate of drug-likeness (QED) is 0.914. The molecule has 3 rings (SSSR count). The summed E-state index contributed by atoms with van der Waals surface area (Å²) in [5.41, 5.74) is 2.29. The lowest BCUT2D eigenvalue weighted by atomic mass is 9.93. The van der Waals surface area contributed by atoms with Crippen LogP contribution in [0.4, 0.5) is 0 Å². The van der Waals surface area contributed by atoms with E-state index in [-0.39, 0.29) is 11.8 Å². The molecule has 24 heavy (non-hydrogen) atoms. The van der Waals surface area contributed by atoms with E-state index >= 15 is 0 Å². The molecule has 0 saturated heterocycles. The monoisotopic (exact) mass is 325 g/mol. The van der Waals surface area contributed by atoms with Crippen molar-refractivity contribution in [1.82, 2.24) is 14.8 Å². The van der Waals surface area contributed by atoms with Crippen LogP contribution in [0.2, 0.25) is 0 Å². The zero-order valence-corrected chi connectivity index (χ0v) is 13.9. The molecule has 1 N–H and O–H groups in total. The first-order chi connectivity index (χ1) is 11.7. The molecular weight excluding hydrogens is 302 g/mol. The molecule has 2 aromatic rings. The number of fused-ring (bicyclic) bond motifs is 1. The van der Waals surface area contributed by atoms with Crippen molar-refractivity contribution in [3.63, 3.8) is 0 Å². The number of nitrogens with zero attached hydrogens (tertiary/aromatic N) is 2. The Morgan fingerprint density at radius 1 is 1.12 bits per heavy atom. The first-order valence-electron chi connectivity index (χ1n) is 8.37. The molecular formula is C19H23N3O2. The maximum absolute atomic E-state index is 12.7. The molecule has 2 heterocycles. The summed E-state index contributed by atoms with van der Waals surface area (Å²) < 4.78 is 2.06. The normalized spacial score (nSPS) is 16.5. The molecule has 1 aromatic heterocycles. The summed E-state index contributed by atoms with van der Waals surface area (Å²) in [6.45, 7) is 1.32. The van der Waals surface area contributed by atoms with Crippen LogP contribution in [-0.2, 0) is 29.1 Å². The molecule has 1 aliphatic heterocycles. The van der Waals surface area contributed by atoms with Gasteiger partial charge in [0.05, 0.1) is 0 Å². The zero-order chi connectivity index (χ0) is 16.9. The summed E-state index contributed by atoms with van der Waals surface area (Å²) in [4.78, 5) is 26.7. The van der Waals surface area contributed by atoms with E-state index in [2.05, 4.69) is 9.88 Å². The minimum atomic E-state index is -0.413. The van der Waals surface area contributed by atoms with Crippen molar-refractivity contribution < 1.29 is 9.59 Å². The largest absolute Gasteiger partial charge is 0.357 e. The van der Waals surface area contributed by atoms with Crippen LogP contribution in [0.1, 0.15) is 24.0 Å². The van der Waals surface area contributed by atoms with Crippen LogP contribution in [0.25, 0.3) is 0 Å². The van der Waals surface area contributed by atoms with Gasteiger partial charge in [-0.25, -0.2) is 0 Å². The maximum atomic E-state index is 12.7. The first-order valence-corrected chi connectivity index (χ1v) is 8.37. The van der Waals surface area contributed by atoms with Crippen molar-refractivity contribution in [2.24, 2.45) is 0 Å². The van der Waals surface area contributed by atoms with Crippen molar-refractivity contribution >= 4 is 11.8 Å². The third-order valence-corrected chi connectivity index (χ3v) is 4.59. The van der Waals surface area contributed by atoms with E-state index in [1.807, 2.05) is 48.8 Å². The van der Waals surface area contributed by atoms with Crippen LogP contribution in [0, 0.1) is 0 Å². The van der Waals surface area contributed by atoms with Gasteiger partial charge in [-0.3, -0.25) is 9.59 Å². The fourth-order valence-corrected chi connectivity index (χ4v) is 3.26. The Hall–Kier alpha value is -2.56. The smallest absolute Gasteiger partial charge is 0.242 e. The van der Waals surface area contributed by atoms with Gasteiger partial charge in [-0.05, 0) is 29.7 Å². The van der Waals surface area contributed by atoms with Gasteiger partial charge in [0.1, 0.15) is 6.04 Å². The van der Waals surface area contributed by atoms with E-state index in [9.17, 15) is 9.59 Å². The molecule has 5 nitrogen and oxygen atoms in total. The summed E-state index contributed by atoms with van der Waals surface area (Å²) in [6.07, 6.45) is 5.79. The van der Waals surface area contributed by atoms with Crippen molar-refractivity contribution in [2.75, 3.05) is 7.05 Å². The number of aromatic nitrogens is 1. The Balaban J connectivity index is 1.68. The number of hydrogen-bond donors (Lipinski definition) is 1. The number of benzene rings is 1. The Kier molecular flexibility index (Phi) is 4.99. The molecule has 1 aromatic carbocycles. The van der Waals surface area contributed by atoms with Crippen LogP contribution in [-0.4, -0.2) is 34.4 Å². The molecule has 0 saturated carbocycles. The van der Waals surface area contributed by atoms with Crippen LogP contribution in [0.15, 0.2) is 48.8 Å². The Morgan fingerprint density at radius 3 is 2.54 bits per heavy atom. The van der Waals surface area contributed by atoms with Crippen molar-refractivity contribution in [2.45, 2.75) is 38.4 Å². The number of carbonyl (C=O) groups is 2. The summed E-state index contributed by atoms with van der Waals surface area (Å²) in [5, 5.41) is 2.69. The van der Waals surface area contributed by atoms with Gasteiger partial charge in [-0.15, -0.1) is 0 Å². The number of rotatable bonds is 5. The highest BCUT2D eigenvalue weighted by Gasteiger charge is 2.33. The highest BCUT2D eigenvalue weighted by molar-refractivity contribution is 5.88. The minimum absolute atomic E-state index is 0.0465. The molecule has 0 spiro atoms. The number of hydrogen-bond acceptors (Lipinski definition) is 2. The molecule has 0 radical (unpaired) electrons. The number of likely N-dealkylation sites (N-methyl/N-ethyl adjacent to an activating group) is 1. The van der Waals surface area contributed by atoms with Gasteiger partial charge >= 0.3 is 0 Å². The highest BCUT2D eigenvalue weighted by Crippen LogP contribution is 2.24.